The van der Waals surface area contributed by atoms with Crippen LogP contribution in [0.15, 0.2) is 71.1 Å². The van der Waals surface area contributed by atoms with E-state index in [9.17, 15) is 4.79 Å². The largest absolute Gasteiger partial charge is 0.471 e. The van der Waals surface area contributed by atoms with Gasteiger partial charge in [0.2, 0.25) is 0 Å². The Balaban J connectivity index is 0.000000850. The van der Waals surface area contributed by atoms with E-state index in [0.29, 0.717) is 26.6 Å². The Morgan fingerprint density at radius 1 is 1.25 bits per heavy atom. The molecule has 0 radical (unpaired) electrons. The van der Waals surface area contributed by atoms with E-state index in [4.69, 9.17) is 4.74 Å². The topological polar surface area (TPSA) is 74.8 Å². The Morgan fingerprint density at radius 2 is 2.00 bits per heavy atom. The number of anilines is 2. The number of carbonyl (C=O) groups is 1. The van der Waals surface area contributed by atoms with E-state index in [1.807, 2.05) is 44.3 Å². The van der Waals surface area contributed by atoms with Gasteiger partial charge < -0.3 is 15.4 Å². The van der Waals surface area contributed by atoms with Gasteiger partial charge in [-0.15, -0.1) is 0 Å². The van der Waals surface area contributed by atoms with Crippen LogP contribution in [0.1, 0.15) is 76.3 Å². The molecule has 4 rings (SSSR count). The van der Waals surface area contributed by atoms with Crippen molar-refractivity contribution in [2.75, 3.05) is 17.4 Å². The fraction of sp³-hybridized carbons (Fsp3) is 0.379. The molecule has 7 heteroatoms. The van der Waals surface area contributed by atoms with Gasteiger partial charge in [0.05, 0.1) is 17.2 Å². The molecule has 36 heavy (non-hydrogen) atoms. The number of hydrogen-bond acceptors (Lipinski definition) is 5. The van der Waals surface area contributed by atoms with Gasteiger partial charge in [-0.3, -0.25) is 15.1 Å². The summed E-state index contributed by atoms with van der Waals surface area (Å²) in [6, 6.07) is 13.4. The lowest BCUT2D eigenvalue weighted by atomic mass is 10.1. The highest BCUT2D eigenvalue weighted by Gasteiger charge is 2.19. The number of ether oxygens (including phenoxy) is 1. The number of hydrogen-bond donors (Lipinski definition) is 3. The van der Waals surface area contributed by atoms with Crippen LogP contribution in [0.5, 0.6) is 5.75 Å². The SMILES string of the molecule is C=C1PC(NC(C)c2cccc(NC(=O)c3ccc4c(c3)OCN4)c2)C=N/C1=C/CC.CC.CCC. The number of benzene rings is 2. The number of aliphatic imine (C=N–C) groups is 1. The van der Waals surface area contributed by atoms with E-state index in [1.165, 1.54) is 6.42 Å². The van der Waals surface area contributed by atoms with Crippen LogP contribution in [-0.4, -0.2) is 24.6 Å². The van der Waals surface area contributed by atoms with Crippen LogP contribution >= 0.6 is 8.58 Å². The van der Waals surface area contributed by atoms with Crippen LogP contribution in [0, 0.1) is 0 Å². The molecular formula is C29H41N4O2P. The Labute approximate surface area is 218 Å². The van der Waals surface area contributed by atoms with Crippen LogP contribution < -0.4 is 20.7 Å². The lowest BCUT2D eigenvalue weighted by Gasteiger charge is -2.25. The maximum atomic E-state index is 12.7. The standard InChI is InChI=1S/C24H27N4O2P.C3H8.C2H6/c1-4-6-20-16(3)31-23(13-25-20)27-15(2)17-7-5-8-19(11-17)28-24(29)18-9-10-21-22(12-18)30-14-26-21;1-3-2;1-2/h5-13,15,23,26-27,31H,3-4,14H2,1-2H3,(H,28,29);3H2,1-2H3;1-2H3/b20-6+;;. The van der Waals surface area contributed by atoms with E-state index in [-0.39, 0.29) is 17.7 Å². The summed E-state index contributed by atoms with van der Waals surface area (Å²) in [6.45, 7) is 17.1. The van der Waals surface area contributed by atoms with Crippen LogP contribution in [0.25, 0.3) is 0 Å². The Bertz CT molecular complexity index is 1080. The predicted octanol–water partition coefficient (Wildman–Crippen LogP) is 7.69. The van der Waals surface area contributed by atoms with Gasteiger partial charge in [0.1, 0.15) is 5.75 Å². The lowest BCUT2D eigenvalue weighted by Crippen LogP contribution is -2.30. The lowest BCUT2D eigenvalue weighted by molar-refractivity contribution is 0.102. The molecule has 194 valence electrons. The highest BCUT2D eigenvalue weighted by Crippen LogP contribution is 2.37. The van der Waals surface area contributed by atoms with Crippen molar-refractivity contribution in [3.63, 3.8) is 0 Å². The minimum Gasteiger partial charge on any atom is -0.471 e. The van der Waals surface area contributed by atoms with Gasteiger partial charge in [-0.1, -0.05) is 74.4 Å². The van der Waals surface area contributed by atoms with Crippen molar-refractivity contribution >= 4 is 32.1 Å². The zero-order valence-corrected chi connectivity index (χ0v) is 23.4. The Morgan fingerprint density at radius 3 is 2.69 bits per heavy atom. The second-order valence-corrected chi connectivity index (χ2v) is 9.74. The summed E-state index contributed by atoms with van der Waals surface area (Å²) in [6.07, 6.45) is 6.29. The molecule has 0 spiro atoms. The number of rotatable bonds is 6. The normalized spacial score (nSPS) is 18.1. The van der Waals surface area contributed by atoms with Gasteiger partial charge in [0.15, 0.2) is 6.73 Å². The third-order valence-corrected chi connectivity index (χ3v) is 6.44. The molecule has 3 N–H and O–H groups in total. The summed E-state index contributed by atoms with van der Waals surface area (Å²) < 4.78 is 5.47. The summed E-state index contributed by atoms with van der Waals surface area (Å²) in [4.78, 5) is 17.3. The molecule has 0 saturated heterocycles. The molecule has 6 nitrogen and oxygen atoms in total. The molecular weight excluding hydrogens is 467 g/mol. The van der Waals surface area contributed by atoms with Gasteiger partial charge in [-0.2, -0.15) is 0 Å². The Hall–Kier alpha value is -2.95. The van der Waals surface area contributed by atoms with E-state index in [0.717, 1.165) is 34.4 Å². The van der Waals surface area contributed by atoms with Crippen molar-refractivity contribution < 1.29 is 9.53 Å². The number of amides is 1. The van der Waals surface area contributed by atoms with Gasteiger partial charge in [-0.05, 0) is 54.6 Å². The van der Waals surface area contributed by atoms with Gasteiger partial charge >= 0.3 is 0 Å². The Kier molecular flexibility index (Phi) is 12.4. The third kappa shape index (κ3) is 8.32. The molecule has 1 amide bonds. The first-order valence-electron chi connectivity index (χ1n) is 12.8. The first-order valence-corrected chi connectivity index (χ1v) is 13.9. The summed E-state index contributed by atoms with van der Waals surface area (Å²) >= 11 is 0. The number of nitrogens with one attached hydrogen (secondary N) is 3. The van der Waals surface area contributed by atoms with E-state index >= 15 is 0 Å². The summed E-state index contributed by atoms with van der Waals surface area (Å²) in [5, 5.41) is 10.8. The first-order chi connectivity index (χ1) is 17.4. The van der Waals surface area contributed by atoms with E-state index in [2.05, 4.69) is 67.4 Å². The molecule has 2 aromatic carbocycles. The van der Waals surface area contributed by atoms with Crippen molar-refractivity contribution in [3.8, 4) is 5.75 Å². The molecule has 0 aliphatic carbocycles. The summed E-state index contributed by atoms with van der Waals surface area (Å²) in [7, 11) is 0.562. The number of nitrogens with zero attached hydrogens (tertiary/aromatic N) is 1. The predicted molar refractivity (Wildman–Crippen MR) is 157 cm³/mol. The third-order valence-electron chi connectivity index (χ3n) is 5.21. The minimum atomic E-state index is -0.163. The molecule has 3 unspecified atom stereocenters. The summed E-state index contributed by atoms with van der Waals surface area (Å²) in [5.74, 6) is 0.700. The zero-order valence-electron chi connectivity index (χ0n) is 22.4. The quantitative estimate of drug-likeness (QED) is 0.350. The van der Waals surface area contributed by atoms with E-state index < -0.39 is 0 Å². The summed E-state index contributed by atoms with van der Waals surface area (Å²) in [5.41, 5.74) is 4.33. The first kappa shape index (κ1) is 29.3. The second kappa shape index (κ2) is 15.2. The molecule has 0 saturated carbocycles. The van der Waals surface area contributed by atoms with E-state index in [1.54, 1.807) is 12.1 Å². The number of carbonyl (C=O) groups excluding carboxylic acids is 1. The van der Waals surface area contributed by atoms with Crippen LogP contribution in [0.4, 0.5) is 11.4 Å². The molecule has 0 fully saturated rings. The van der Waals surface area contributed by atoms with Crippen molar-refractivity contribution in [2.45, 2.75) is 66.2 Å². The average molecular weight is 509 g/mol. The number of allylic oxidation sites excluding steroid dienone is 2. The maximum absolute atomic E-state index is 12.7. The van der Waals surface area contributed by atoms with Crippen LogP contribution in [-0.2, 0) is 0 Å². The van der Waals surface area contributed by atoms with Crippen molar-refractivity contribution in [1.82, 2.24) is 5.32 Å². The van der Waals surface area contributed by atoms with Crippen molar-refractivity contribution in [2.24, 2.45) is 4.99 Å². The molecule has 2 aliphatic heterocycles. The fourth-order valence-electron chi connectivity index (χ4n) is 3.56. The molecule has 2 aliphatic rings. The highest BCUT2D eigenvalue weighted by molar-refractivity contribution is 7.45. The van der Waals surface area contributed by atoms with Crippen LogP contribution in [0.3, 0.4) is 0 Å². The maximum Gasteiger partial charge on any atom is 0.255 e. The number of fused-ring (bicyclic) bond motifs is 1. The minimum absolute atomic E-state index is 0.102. The smallest absolute Gasteiger partial charge is 0.255 e. The molecule has 3 atom stereocenters. The van der Waals surface area contributed by atoms with Crippen molar-refractivity contribution in [1.29, 1.82) is 0 Å². The van der Waals surface area contributed by atoms with Gasteiger partial charge in [0.25, 0.3) is 5.91 Å². The highest BCUT2D eigenvalue weighted by atomic mass is 31.1. The second-order valence-electron chi connectivity index (χ2n) is 8.23. The monoisotopic (exact) mass is 508 g/mol. The molecule has 2 heterocycles. The molecule has 0 aromatic heterocycles. The van der Waals surface area contributed by atoms with Gasteiger partial charge in [0, 0.05) is 23.5 Å². The molecule has 0 bridgehead atoms. The fourth-order valence-corrected chi connectivity index (χ4v) is 4.73. The average Bonchev–Trinajstić information content (AvgIpc) is 3.36. The molecule has 2 aromatic rings. The van der Waals surface area contributed by atoms with Crippen LogP contribution in [0.2, 0.25) is 0 Å². The van der Waals surface area contributed by atoms with Crippen molar-refractivity contribution in [3.05, 3.63) is 77.3 Å². The van der Waals surface area contributed by atoms with Gasteiger partial charge in [-0.25, -0.2) is 0 Å². The zero-order chi connectivity index (χ0) is 26.5.